The largest absolute Gasteiger partial charge is 0.335 e. The van der Waals surface area contributed by atoms with Crippen LogP contribution in [0.4, 0.5) is 4.39 Å². The van der Waals surface area contributed by atoms with Gasteiger partial charge in [0.25, 0.3) is 11.5 Å². The number of nitrogens with one attached hydrogen (secondary N) is 1. The van der Waals surface area contributed by atoms with Crippen LogP contribution in [-0.2, 0) is 6.54 Å². The average Bonchev–Trinajstić information content (AvgIpc) is 3.27. The van der Waals surface area contributed by atoms with E-state index < -0.39 is 0 Å². The Morgan fingerprint density at radius 2 is 1.72 bits per heavy atom. The summed E-state index contributed by atoms with van der Waals surface area (Å²) in [7, 11) is 0. The average molecular weight is 448 g/mol. The number of thiophene rings is 1. The van der Waals surface area contributed by atoms with Crippen molar-refractivity contribution in [1.29, 1.82) is 0 Å². The van der Waals surface area contributed by atoms with Gasteiger partial charge in [-0.3, -0.25) is 14.5 Å². The molecule has 0 atom stereocenters. The number of nitrogens with zero attached hydrogens (tertiary/aromatic N) is 2. The maximum absolute atomic E-state index is 14.0. The SMILES string of the molecule is O=C(c1cc2ccccc2c(=O)[nH]1)N1CCN(Cc2ccc(-c3ccccc3F)s2)CC1. The molecule has 0 unspecified atom stereocenters. The summed E-state index contributed by atoms with van der Waals surface area (Å²) in [5.74, 6) is -0.356. The van der Waals surface area contributed by atoms with Gasteiger partial charge in [0.1, 0.15) is 11.5 Å². The van der Waals surface area contributed by atoms with Crippen LogP contribution in [0.1, 0.15) is 15.4 Å². The Balaban J connectivity index is 1.23. The summed E-state index contributed by atoms with van der Waals surface area (Å²) in [5, 5.41) is 1.35. The number of hydrogen-bond acceptors (Lipinski definition) is 4. The van der Waals surface area contributed by atoms with Gasteiger partial charge in [0, 0.05) is 53.4 Å². The zero-order valence-corrected chi connectivity index (χ0v) is 18.2. The minimum absolute atomic E-state index is 0.148. The third kappa shape index (κ3) is 4.09. The summed E-state index contributed by atoms with van der Waals surface area (Å²) in [4.78, 5) is 34.2. The van der Waals surface area contributed by atoms with Crippen LogP contribution >= 0.6 is 11.3 Å². The zero-order valence-electron chi connectivity index (χ0n) is 17.4. The number of carbonyl (C=O) groups is 1. The lowest BCUT2D eigenvalue weighted by atomic mass is 10.1. The fourth-order valence-corrected chi connectivity index (χ4v) is 5.17. The molecule has 2 aromatic carbocycles. The van der Waals surface area contributed by atoms with Crippen LogP contribution in [0.15, 0.2) is 71.5 Å². The number of rotatable bonds is 4. The Morgan fingerprint density at radius 3 is 2.53 bits per heavy atom. The second kappa shape index (κ2) is 8.68. The minimum atomic E-state index is -0.242. The fourth-order valence-electron chi connectivity index (χ4n) is 4.09. The predicted molar refractivity (Wildman–Crippen MR) is 125 cm³/mol. The summed E-state index contributed by atoms with van der Waals surface area (Å²) in [6.07, 6.45) is 0. The molecule has 1 saturated heterocycles. The van der Waals surface area contributed by atoms with Gasteiger partial charge < -0.3 is 9.88 Å². The lowest BCUT2D eigenvalue weighted by molar-refractivity contribution is 0.0624. The number of fused-ring (bicyclic) bond motifs is 1. The van der Waals surface area contributed by atoms with E-state index in [1.54, 1.807) is 40.5 Å². The van der Waals surface area contributed by atoms with E-state index in [0.717, 1.165) is 29.9 Å². The number of aromatic amines is 1. The molecule has 1 fully saturated rings. The maximum Gasteiger partial charge on any atom is 0.270 e. The van der Waals surface area contributed by atoms with Crippen molar-refractivity contribution in [1.82, 2.24) is 14.8 Å². The Morgan fingerprint density at radius 1 is 0.969 bits per heavy atom. The Kier molecular flexibility index (Phi) is 5.59. The number of carbonyl (C=O) groups excluding carboxylic acids is 1. The first-order valence-electron chi connectivity index (χ1n) is 10.6. The number of halogens is 1. The minimum Gasteiger partial charge on any atom is -0.335 e. The van der Waals surface area contributed by atoms with Crippen LogP contribution in [0, 0.1) is 5.82 Å². The monoisotopic (exact) mass is 447 g/mol. The zero-order chi connectivity index (χ0) is 22.1. The first-order valence-corrected chi connectivity index (χ1v) is 11.4. The first kappa shape index (κ1) is 20.6. The Bertz CT molecular complexity index is 1340. The molecule has 0 aliphatic carbocycles. The molecular formula is C25H22FN3O2S. The summed E-state index contributed by atoms with van der Waals surface area (Å²) < 4.78 is 14.0. The molecule has 0 saturated carbocycles. The third-order valence-electron chi connectivity index (χ3n) is 5.82. The smallest absolute Gasteiger partial charge is 0.270 e. The van der Waals surface area contributed by atoms with E-state index in [1.807, 2.05) is 36.4 Å². The van der Waals surface area contributed by atoms with Crippen molar-refractivity contribution in [2.24, 2.45) is 0 Å². The fraction of sp³-hybridized carbons (Fsp3) is 0.200. The van der Waals surface area contributed by atoms with Crippen LogP contribution in [-0.4, -0.2) is 46.9 Å². The molecule has 0 spiro atoms. The number of piperazine rings is 1. The van der Waals surface area contributed by atoms with Crippen molar-refractivity contribution in [2.45, 2.75) is 6.54 Å². The second-order valence-corrected chi connectivity index (χ2v) is 9.08. The molecule has 0 bridgehead atoms. The van der Waals surface area contributed by atoms with Crippen LogP contribution < -0.4 is 5.56 Å². The first-order chi connectivity index (χ1) is 15.6. The summed E-state index contributed by atoms with van der Waals surface area (Å²) in [5.41, 5.74) is 0.715. The molecule has 1 aliphatic heterocycles. The number of amides is 1. The van der Waals surface area contributed by atoms with E-state index >= 15 is 0 Å². The van der Waals surface area contributed by atoms with Crippen LogP contribution in [0.3, 0.4) is 0 Å². The van der Waals surface area contributed by atoms with Crippen molar-refractivity contribution in [3.63, 3.8) is 0 Å². The van der Waals surface area contributed by atoms with E-state index in [9.17, 15) is 14.0 Å². The van der Waals surface area contributed by atoms with E-state index in [0.29, 0.717) is 29.7 Å². The van der Waals surface area contributed by atoms with Gasteiger partial charge in [-0.05, 0) is 35.7 Å². The number of aromatic nitrogens is 1. The Labute approximate surface area is 188 Å². The summed E-state index contributed by atoms with van der Waals surface area (Å²) >= 11 is 1.60. The molecule has 1 aliphatic rings. The van der Waals surface area contributed by atoms with Gasteiger partial charge in [0.2, 0.25) is 0 Å². The highest BCUT2D eigenvalue weighted by atomic mass is 32.1. The van der Waals surface area contributed by atoms with Gasteiger partial charge in [0.05, 0.1) is 0 Å². The topological polar surface area (TPSA) is 56.4 Å². The third-order valence-corrected chi connectivity index (χ3v) is 6.93. The number of benzene rings is 2. The summed E-state index contributed by atoms with van der Waals surface area (Å²) in [6, 6.07) is 19.8. The normalized spacial score (nSPS) is 14.7. The molecule has 32 heavy (non-hydrogen) atoms. The molecule has 5 nitrogen and oxygen atoms in total. The van der Waals surface area contributed by atoms with E-state index in [1.165, 1.54) is 10.9 Å². The van der Waals surface area contributed by atoms with Crippen molar-refractivity contribution >= 4 is 28.0 Å². The second-order valence-electron chi connectivity index (χ2n) is 7.91. The molecule has 1 amide bonds. The van der Waals surface area contributed by atoms with E-state index in [4.69, 9.17) is 0 Å². The van der Waals surface area contributed by atoms with Crippen LogP contribution in [0.2, 0.25) is 0 Å². The molecule has 4 aromatic rings. The Hall–Kier alpha value is -3.29. The highest BCUT2D eigenvalue weighted by Crippen LogP contribution is 2.30. The molecule has 0 radical (unpaired) electrons. The molecule has 1 N–H and O–H groups in total. The predicted octanol–water partition coefficient (Wildman–Crippen LogP) is 4.35. The lowest BCUT2D eigenvalue weighted by Crippen LogP contribution is -2.48. The lowest BCUT2D eigenvalue weighted by Gasteiger charge is -2.34. The molecule has 2 aromatic heterocycles. The van der Waals surface area contributed by atoms with Crippen molar-refractivity contribution < 1.29 is 9.18 Å². The molecule has 3 heterocycles. The van der Waals surface area contributed by atoms with Crippen molar-refractivity contribution in [2.75, 3.05) is 26.2 Å². The molecular weight excluding hydrogens is 425 g/mol. The highest BCUT2D eigenvalue weighted by Gasteiger charge is 2.23. The summed E-state index contributed by atoms with van der Waals surface area (Å²) in [6.45, 7) is 3.46. The van der Waals surface area contributed by atoms with Crippen LogP contribution in [0.5, 0.6) is 0 Å². The molecule has 5 rings (SSSR count). The van der Waals surface area contributed by atoms with Gasteiger partial charge in [-0.1, -0.05) is 36.4 Å². The van der Waals surface area contributed by atoms with Crippen LogP contribution in [0.25, 0.3) is 21.2 Å². The van der Waals surface area contributed by atoms with Crippen molar-refractivity contribution in [3.05, 3.63) is 93.5 Å². The number of H-pyrrole nitrogens is 1. The van der Waals surface area contributed by atoms with E-state index in [2.05, 4.69) is 9.88 Å². The quantitative estimate of drug-likeness (QED) is 0.506. The van der Waals surface area contributed by atoms with Gasteiger partial charge in [-0.25, -0.2) is 4.39 Å². The number of pyridine rings is 1. The highest BCUT2D eigenvalue weighted by molar-refractivity contribution is 7.15. The van der Waals surface area contributed by atoms with Gasteiger partial charge >= 0.3 is 0 Å². The van der Waals surface area contributed by atoms with Crippen molar-refractivity contribution in [3.8, 4) is 10.4 Å². The van der Waals surface area contributed by atoms with Gasteiger partial charge in [-0.2, -0.15) is 0 Å². The maximum atomic E-state index is 14.0. The standard InChI is InChI=1S/C25H22FN3O2S/c26-21-8-4-3-7-20(21)23-10-9-18(32-23)16-28-11-13-29(14-12-28)25(31)22-15-17-5-1-2-6-19(17)24(30)27-22/h1-10,15H,11-14,16H2,(H,27,30). The van der Waals surface area contributed by atoms with E-state index in [-0.39, 0.29) is 17.3 Å². The number of hydrogen-bond donors (Lipinski definition) is 1. The van der Waals surface area contributed by atoms with Gasteiger partial charge in [-0.15, -0.1) is 11.3 Å². The molecule has 7 heteroatoms. The molecule has 162 valence electrons. The van der Waals surface area contributed by atoms with Gasteiger partial charge in [0.15, 0.2) is 0 Å².